The zero-order chi connectivity index (χ0) is 14.0. The highest BCUT2D eigenvalue weighted by molar-refractivity contribution is 5.91. The van der Waals surface area contributed by atoms with Crippen LogP contribution in [0.2, 0.25) is 0 Å². The maximum atomic E-state index is 13.4. The SMILES string of the molecule is Cc1cccc(OC(=O)c2ccc(F)cc2F)c1C. The Bertz CT molecular complexity index is 636. The van der Waals surface area contributed by atoms with Gasteiger partial charge in [0, 0.05) is 6.07 Å². The van der Waals surface area contributed by atoms with Crippen LogP contribution in [0.4, 0.5) is 8.78 Å². The fourth-order valence-corrected chi connectivity index (χ4v) is 1.64. The van der Waals surface area contributed by atoms with Gasteiger partial charge >= 0.3 is 5.97 Å². The molecule has 0 unspecified atom stereocenters. The van der Waals surface area contributed by atoms with E-state index in [1.165, 1.54) is 0 Å². The summed E-state index contributed by atoms with van der Waals surface area (Å²) in [6.45, 7) is 3.68. The van der Waals surface area contributed by atoms with Crippen molar-refractivity contribution < 1.29 is 18.3 Å². The highest BCUT2D eigenvalue weighted by Gasteiger charge is 2.16. The van der Waals surface area contributed by atoms with Crippen molar-refractivity contribution in [2.45, 2.75) is 13.8 Å². The van der Waals surface area contributed by atoms with Crippen LogP contribution in [0.3, 0.4) is 0 Å². The lowest BCUT2D eigenvalue weighted by Crippen LogP contribution is -2.11. The number of carbonyl (C=O) groups is 1. The summed E-state index contributed by atoms with van der Waals surface area (Å²) in [4.78, 5) is 11.8. The zero-order valence-electron chi connectivity index (χ0n) is 10.5. The molecule has 2 rings (SSSR count). The van der Waals surface area contributed by atoms with Crippen LogP contribution in [-0.2, 0) is 0 Å². The molecule has 0 aliphatic rings. The molecule has 0 saturated carbocycles. The Balaban J connectivity index is 2.28. The molecule has 0 aliphatic heterocycles. The lowest BCUT2D eigenvalue weighted by Gasteiger charge is -2.09. The highest BCUT2D eigenvalue weighted by atomic mass is 19.1. The third-order valence-electron chi connectivity index (χ3n) is 2.91. The van der Waals surface area contributed by atoms with Crippen LogP contribution in [0.15, 0.2) is 36.4 Å². The first-order valence-electron chi connectivity index (χ1n) is 5.72. The van der Waals surface area contributed by atoms with Gasteiger partial charge in [-0.05, 0) is 43.2 Å². The van der Waals surface area contributed by atoms with E-state index in [4.69, 9.17) is 4.74 Å². The molecule has 0 bridgehead atoms. The Labute approximate surface area is 109 Å². The summed E-state index contributed by atoms with van der Waals surface area (Å²) in [5.41, 5.74) is 1.48. The number of rotatable bonds is 2. The first-order chi connectivity index (χ1) is 8.99. The van der Waals surface area contributed by atoms with Crippen molar-refractivity contribution >= 4 is 5.97 Å². The first kappa shape index (κ1) is 13.2. The molecule has 0 aliphatic carbocycles. The Hall–Kier alpha value is -2.23. The Morgan fingerprint density at radius 1 is 1.11 bits per heavy atom. The third kappa shape index (κ3) is 2.78. The number of carbonyl (C=O) groups excluding carboxylic acids is 1. The summed E-state index contributed by atoms with van der Waals surface area (Å²) >= 11 is 0. The molecule has 0 radical (unpaired) electrons. The number of hydrogen-bond acceptors (Lipinski definition) is 2. The lowest BCUT2D eigenvalue weighted by atomic mass is 10.1. The van der Waals surface area contributed by atoms with Crippen LogP contribution in [0.25, 0.3) is 0 Å². The van der Waals surface area contributed by atoms with Gasteiger partial charge in [0.15, 0.2) is 0 Å². The van der Waals surface area contributed by atoms with Gasteiger partial charge in [0.25, 0.3) is 0 Å². The topological polar surface area (TPSA) is 26.3 Å². The zero-order valence-corrected chi connectivity index (χ0v) is 10.5. The monoisotopic (exact) mass is 262 g/mol. The minimum Gasteiger partial charge on any atom is -0.423 e. The molecular formula is C15H12F2O2. The average Bonchev–Trinajstić information content (AvgIpc) is 2.34. The van der Waals surface area contributed by atoms with Crippen LogP contribution in [0.5, 0.6) is 5.75 Å². The summed E-state index contributed by atoms with van der Waals surface area (Å²) in [6.07, 6.45) is 0. The van der Waals surface area contributed by atoms with E-state index in [0.29, 0.717) is 11.8 Å². The highest BCUT2D eigenvalue weighted by Crippen LogP contribution is 2.22. The molecule has 19 heavy (non-hydrogen) atoms. The van der Waals surface area contributed by atoms with Crippen molar-refractivity contribution in [2.75, 3.05) is 0 Å². The fourth-order valence-electron chi connectivity index (χ4n) is 1.64. The maximum absolute atomic E-state index is 13.4. The van der Waals surface area contributed by atoms with E-state index in [1.807, 2.05) is 13.0 Å². The van der Waals surface area contributed by atoms with Crippen molar-refractivity contribution in [2.24, 2.45) is 0 Å². The summed E-state index contributed by atoms with van der Waals surface area (Å²) in [6, 6.07) is 7.99. The number of hydrogen-bond donors (Lipinski definition) is 0. The van der Waals surface area contributed by atoms with E-state index >= 15 is 0 Å². The summed E-state index contributed by atoms with van der Waals surface area (Å²) in [5.74, 6) is -2.14. The molecule has 4 heteroatoms. The number of benzene rings is 2. The smallest absolute Gasteiger partial charge is 0.346 e. The van der Waals surface area contributed by atoms with Gasteiger partial charge in [-0.3, -0.25) is 0 Å². The van der Waals surface area contributed by atoms with Gasteiger partial charge < -0.3 is 4.74 Å². The Morgan fingerprint density at radius 2 is 1.84 bits per heavy atom. The van der Waals surface area contributed by atoms with Gasteiger partial charge in [-0.25, -0.2) is 13.6 Å². The van der Waals surface area contributed by atoms with Crippen LogP contribution < -0.4 is 4.74 Å². The first-order valence-corrected chi connectivity index (χ1v) is 5.72. The van der Waals surface area contributed by atoms with Gasteiger partial charge in [0.05, 0.1) is 5.56 Å². The van der Waals surface area contributed by atoms with Crippen LogP contribution in [-0.4, -0.2) is 5.97 Å². The molecule has 0 spiro atoms. The third-order valence-corrected chi connectivity index (χ3v) is 2.91. The minimum absolute atomic E-state index is 0.290. The molecule has 0 saturated heterocycles. The van der Waals surface area contributed by atoms with Crippen LogP contribution >= 0.6 is 0 Å². The second-order valence-electron chi connectivity index (χ2n) is 4.21. The summed E-state index contributed by atoms with van der Waals surface area (Å²) in [5, 5.41) is 0. The van der Waals surface area contributed by atoms with Gasteiger partial charge in [-0.15, -0.1) is 0 Å². The van der Waals surface area contributed by atoms with Crippen molar-refractivity contribution in [1.29, 1.82) is 0 Å². The Morgan fingerprint density at radius 3 is 2.53 bits per heavy atom. The normalized spacial score (nSPS) is 10.3. The van der Waals surface area contributed by atoms with Crippen molar-refractivity contribution in [3.63, 3.8) is 0 Å². The number of aryl methyl sites for hydroxylation is 1. The molecule has 0 aromatic heterocycles. The average molecular weight is 262 g/mol. The van der Waals surface area contributed by atoms with Crippen LogP contribution in [0, 0.1) is 25.5 Å². The molecule has 0 amide bonds. The lowest BCUT2D eigenvalue weighted by molar-refractivity contribution is 0.0728. The van der Waals surface area contributed by atoms with Gasteiger partial charge in [0.2, 0.25) is 0 Å². The Kier molecular flexibility index (Phi) is 3.60. The second-order valence-corrected chi connectivity index (χ2v) is 4.21. The molecule has 98 valence electrons. The van der Waals surface area contributed by atoms with Crippen molar-refractivity contribution in [1.82, 2.24) is 0 Å². The quantitative estimate of drug-likeness (QED) is 0.607. The molecule has 2 nitrogen and oxygen atoms in total. The molecular weight excluding hydrogens is 250 g/mol. The molecule has 0 heterocycles. The van der Waals surface area contributed by atoms with E-state index in [0.717, 1.165) is 23.3 Å². The minimum atomic E-state index is -0.935. The largest absolute Gasteiger partial charge is 0.423 e. The van der Waals surface area contributed by atoms with Crippen molar-refractivity contribution in [3.05, 3.63) is 64.7 Å². The summed E-state index contributed by atoms with van der Waals surface area (Å²) < 4.78 is 31.3. The number of halogens is 2. The molecule has 0 fully saturated rings. The van der Waals surface area contributed by atoms with E-state index in [2.05, 4.69) is 0 Å². The van der Waals surface area contributed by atoms with E-state index in [-0.39, 0.29) is 5.56 Å². The molecule has 2 aromatic carbocycles. The van der Waals surface area contributed by atoms with Gasteiger partial charge in [-0.2, -0.15) is 0 Å². The molecule has 0 N–H and O–H groups in total. The molecule has 2 aromatic rings. The molecule has 0 atom stereocenters. The number of esters is 1. The standard InChI is InChI=1S/C15H12F2O2/c1-9-4-3-5-14(10(9)2)19-15(18)12-7-6-11(16)8-13(12)17/h3-8H,1-2H3. The van der Waals surface area contributed by atoms with Gasteiger partial charge in [-0.1, -0.05) is 12.1 Å². The van der Waals surface area contributed by atoms with Crippen LogP contribution in [0.1, 0.15) is 21.5 Å². The maximum Gasteiger partial charge on any atom is 0.346 e. The summed E-state index contributed by atoms with van der Waals surface area (Å²) in [7, 11) is 0. The van der Waals surface area contributed by atoms with E-state index < -0.39 is 17.6 Å². The van der Waals surface area contributed by atoms with E-state index in [9.17, 15) is 13.6 Å². The fraction of sp³-hybridized carbons (Fsp3) is 0.133. The van der Waals surface area contributed by atoms with E-state index in [1.54, 1.807) is 19.1 Å². The van der Waals surface area contributed by atoms with Crippen molar-refractivity contribution in [3.8, 4) is 5.75 Å². The predicted octanol–water partition coefficient (Wildman–Crippen LogP) is 3.80. The number of ether oxygens (including phenoxy) is 1. The predicted molar refractivity (Wildman–Crippen MR) is 67.2 cm³/mol. The van der Waals surface area contributed by atoms with Gasteiger partial charge in [0.1, 0.15) is 17.4 Å². The second kappa shape index (κ2) is 5.18.